The molecule has 164 valence electrons. The molecular formula is C15H25N5O8S. The number of carboxylic acid groups (broad SMARTS) is 2. The van der Waals surface area contributed by atoms with Crippen molar-refractivity contribution in [1.29, 1.82) is 0 Å². The summed E-state index contributed by atoms with van der Waals surface area (Å²) in [5.74, 6) is -5.71. The summed E-state index contributed by atoms with van der Waals surface area (Å²) in [7, 11) is 0. The van der Waals surface area contributed by atoms with Crippen molar-refractivity contribution in [2.45, 2.75) is 37.4 Å². The minimum Gasteiger partial charge on any atom is -0.481 e. The molecule has 0 rings (SSSR count). The Morgan fingerprint density at radius 2 is 1.59 bits per heavy atom. The summed E-state index contributed by atoms with van der Waals surface area (Å²) in [5, 5.41) is 24.1. The SMILES string of the molecule is CSCCC(NC(=O)C(N)CC(N)=O)C(=O)NCC(=O)NC(CC(=O)O)C(=O)O. The van der Waals surface area contributed by atoms with Crippen LogP contribution < -0.4 is 27.4 Å². The number of carbonyl (C=O) groups is 6. The van der Waals surface area contributed by atoms with E-state index in [4.69, 9.17) is 21.7 Å². The number of aliphatic carboxylic acids is 2. The van der Waals surface area contributed by atoms with Gasteiger partial charge in [-0.05, 0) is 18.4 Å². The summed E-state index contributed by atoms with van der Waals surface area (Å²) >= 11 is 1.40. The molecular weight excluding hydrogens is 410 g/mol. The second-order valence-corrected chi connectivity index (χ2v) is 6.88. The highest BCUT2D eigenvalue weighted by atomic mass is 32.2. The smallest absolute Gasteiger partial charge is 0.326 e. The molecule has 0 aliphatic rings. The first-order chi connectivity index (χ1) is 13.5. The van der Waals surface area contributed by atoms with Crippen LogP contribution in [0, 0.1) is 0 Å². The van der Waals surface area contributed by atoms with Gasteiger partial charge in [0, 0.05) is 0 Å². The summed E-state index contributed by atoms with van der Waals surface area (Å²) in [6, 6.07) is -3.96. The Bertz CT molecular complexity index is 644. The van der Waals surface area contributed by atoms with E-state index < -0.39 is 73.1 Å². The third-order valence-corrected chi connectivity index (χ3v) is 4.08. The third kappa shape index (κ3) is 11.5. The number of nitrogens with two attached hydrogens (primary N) is 2. The Hall–Kier alpha value is -2.87. The number of carboxylic acids is 2. The predicted molar refractivity (Wildman–Crippen MR) is 102 cm³/mol. The molecule has 0 heterocycles. The first-order valence-electron chi connectivity index (χ1n) is 8.32. The third-order valence-electron chi connectivity index (χ3n) is 3.44. The maximum absolute atomic E-state index is 12.3. The zero-order chi connectivity index (χ0) is 22.6. The van der Waals surface area contributed by atoms with Crippen LogP contribution in [0.15, 0.2) is 0 Å². The quantitative estimate of drug-likeness (QED) is 0.143. The van der Waals surface area contributed by atoms with E-state index in [0.717, 1.165) is 0 Å². The molecule has 14 heteroatoms. The van der Waals surface area contributed by atoms with Gasteiger partial charge in [-0.15, -0.1) is 0 Å². The largest absolute Gasteiger partial charge is 0.481 e. The van der Waals surface area contributed by atoms with Crippen LogP contribution in [0.3, 0.4) is 0 Å². The predicted octanol–water partition coefficient (Wildman–Crippen LogP) is -3.41. The fourth-order valence-electron chi connectivity index (χ4n) is 2.00. The van der Waals surface area contributed by atoms with Gasteiger partial charge in [-0.2, -0.15) is 11.8 Å². The van der Waals surface area contributed by atoms with Crippen molar-refractivity contribution in [2.75, 3.05) is 18.6 Å². The minimum absolute atomic E-state index is 0.195. The molecule has 0 bridgehead atoms. The van der Waals surface area contributed by atoms with Crippen LogP contribution in [0.5, 0.6) is 0 Å². The lowest BCUT2D eigenvalue weighted by atomic mass is 10.1. The molecule has 13 nitrogen and oxygen atoms in total. The van der Waals surface area contributed by atoms with E-state index in [1.165, 1.54) is 11.8 Å². The van der Waals surface area contributed by atoms with Gasteiger partial charge >= 0.3 is 11.9 Å². The van der Waals surface area contributed by atoms with Crippen LogP contribution in [0.1, 0.15) is 19.3 Å². The Balaban J connectivity index is 4.82. The van der Waals surface area contributed by atoms with Gasteiger partial charge < -0.3 is 37.6 Å². The average Bonchev–Trinajstić information content (AvgIpc) is 2.61. The first kappa shape index (κ1) is 26.1. The first-order valence-corrected chi connectivity index (χ1v) is 9.72. The molecule has 3 atom stereocenters. The number of hydrogen-bond donors (Lipinski definition) is 7. The summed E-state index contributed by atoms with van der Waals surface area (Å²) < 4.78 is 0. The highest BCUT2D eigenvalue weighted by Gasteiger charge is 2.26. The molecule has 0 aliphatic heterocycles. The second-order valence-electron chi connectivity index (χ2n) is 5.89. The number of nitrogens with one attached hydrogen (secondary N) is 3. The van der Waals surface area contributed by atoms with Gasteiger partial charge in [-0.25, -0.2) is 4.79 Å². The van der Waals surface area contributed by atoms with Crippen molar-refractivity contribution in [3.8, 4) is 0 Å². The number of carbonyl (C=O) groups excluding carboxylic acids is 4. The maximum atomic E-state index is 12.3. The lowest BCUT2D eigenvalue weighted by Crippen LogP contribution is -2.54. The normalized spacial score (nSPS) is 13.4. The zero-order valence-electron chi connectivity index (χ0n) is 15.7. The van der Waals surface area contributed by atoms with Crippen LogP contribution in [0.2, 0.25) is 0 Å². The molecule has 0 aromatic carbocycles. The van der Waals surface area contributed by atoms with E-state index in [-0.39, 0.29) is 6.42 Å². The van der Waals surface area contributed by atoms with Crippen LogP contribution in [0.25, 0.3) is 0 Å². The monoisotopic (exact) mass is 435 g/mol. The van der Waals surface area contributed by atoms with Gasteiger partial charge in [0.05, 0.1) is 25.4 Å². The van der Waals surface area contributed by atoms with Crippen LogP contribution >= 0.6 is 11.8 Å². The number of hydrogen-bond acceptors (Lipinski definition) is 8. The molecule has 9 N–H and O–H groups in total. The average molecular weight is 435 g/mol. The van der Waals surface area contributed by atoms with Crippen molar-refractivity contribution in [3.63, 3.8) is 0 Å². The van der Waals surface area contributed by atoms with Gasteiger partial charge in [0.25, 0.3) is 0 Å². The second kappa shape index (κ2) is 13.3. The summed E-state index contributed by atoms with van der Waals surface area (Å²) in [6.07, 6.45) is 0.725. The van der Waals surface area contributed by atoms with Gasteiger partial charge in [-0.1, -0.05) is 0 Å². The van der Waals surface area contributed by atoms with Gasteiger partial charge in [0.1, 0.15) is 12.1 Å². The van der Waals surface area contributed by atoms with E-state index in [9.17, 15) is 28.8 Å². The molecule has 0 aliphatic carbocycles. The van der Waals surface area contributed by atoms with Crippen molar-refractivity contribution >= 4 is 47.3 Å². The van der Waals surface area contributed by atoms with E-state index in [1.54, 1.807) is 6.26 Å². The van der Waals surface area contributed by atoms with Crippen LogP contribution in [0.4, 0.5) is 0 Å². The van der Waals surface area contributed by atoms with Crippen LogP contribution in [-0.4, -0.2) is 82.5 Å². The van der Waals surface area contributed by atoms with E-state index in [1.807, 2.05) is 5.32 Å². The number of primary amides is 1. The fraction of sp³-hybridized carbons (Fsp3) is 0.600. The Morgan fingerprint density at radius 1 is 0.966 bits per heavy atom. The molecule has 0 saturated heterocycles. The zero-order valence-corrected chi connectivity index (χ0v) is 16.5. The maximum Gasteiger partial charge on any atom is 0.326 e. The van der Waals surface area contributed by atoms with Crippen molar-refractivity contribution in [1.82, 2.24) is 16.0 Å². The highest BCUT2D eigenvalue weighted by Crippen LogP contribution is 2.02. The molecule has 3 unspecified atom stereocenters. The standard InChI is InChI=1S/C15H25N5O8S/c1-29-3-2-8(20-13(25)7(16)4-10(17)21)14(26)18-6-11(22)19-9(15(27)28)5-12(23)24/h7-9H,2-6,16H2,1H3,(H2,17,21)(H,18,26)(H,19,22)(H,20,25)(H,23,24)(H,27,28). The molecule has 0 saturated carbocycles. The van der Waals surface area contributed by atoms with Crippen molar-refractivity contribution in [3.05, 3.63) is 0 Å². The Labute approximate surface area is 170 Å². The van der Waals surface area contributed by atoms with E-state index in [0.29, 0.717) is 5.75 Å². The molecule has 0 radical (unpaired) electrons. The Morgan fingerprint density at radius 3 is 2.07 bits per heavy atom. The fourth-order valence-corrected chi connectivity index (χ4v) is 2.47. The van der Waals surface area contributed by atoms with Crippen LogP contribution in [-0.2, 0) is 28.8 Å². The lowest BCUT2D eigenvalue weighted by molar-refractivity contribution is -0.147. The molecule has 4 amide bonds. The number of rotatable bonds is 14. The summed E-state index contributed by atoms with van der Waals surface area (Å²) in [4.78, 5) is 68.4. The lowest BCUT2D eigenvalue weighted by Gasteiger charge is -2.20. The molecule has 0 spiro atoms. The van der Waals surface area contributed by atoms with Crippen molar-refractivity contribution < 1.29 is 39.0 Å². The van der Waals surface area contributed by atoms with Gasteiger partial charge in [0.15, 0.2) is 0 Å². The molecule has 29 heavy (non-hydrogen) atoms. The topological polar surface area (TPSA) is 231 Å². The highest BCUT2D eigenvalue weighted by molar-refractivity contribution is 7.98. The molecule has 0 aromatic rings. The minimum atomic E-state index is -1.66. The summed E-state index contributed by atoms with van der Waals surface area (Å²) in [6.45, 7) is -0.638. The van der Waals surface area contributed by atoms with Gasteiger partial charge in [0.2, 0.25) is 23.6 Å². The number of thioether (sulfide) groups is 1. The molecule has 0 aromatic heterocycles. The summed E-state index contributed by atoms with van der Waals surface area (Å²) in [5.41, 5.74) is 10.5. The van der Waals surface area contributed by atoms with E-state index >= 15 is 0 Å². The van der Waals surface area contributed by atoms with Crippen molar-refractivity contribution in [2.24, 2.45) is 11.5 Å². The Kier molecular flexibility index (Phi) is 12.0. The number of amides is 4. The molecule has 0 fully saturated rings. The van der Waals surface area contributed by atoms with Gasteiger partial charge in [-0.3, -0.25) is 24.0 Å². The van der Waals surface area contributed by atoms with E-state index in [2.05, 4.69) is 10.6 Å².